The highest BCUT2D eigenvalue weighted by Gasteiger charge is 2.56. The SMILES string of the molecule is O=C(C1CCCC1)N1[C@@H]2CN(S(=O)(=O)c3ccc(F)cc3)c3ccccc3[C@@H]2[C@@H]1CO. The molecule has 1 saturated carbocycles. The summed E-state index contributed by atoms with van der Waals surface area (Å²) in [5.74, 6) is -0.631. The maximum Gasteiger partial charge on any atom is 0.264 e. The lowest BCUT2D eigenvalue weighted by atomic mass is 9.72. The molecule has 1 saturated heterocycles. The first-order valence-electron chi connectivity index (χ1n) is 10.7. The van der Waals surface area contributed by atoms with Crippen LogP contribution in [0.3, 0.4) is 0 Å². The predicted octanol–water partition coefficient (Wildman–Crippen LogP) is 2.88. The Hall–Kier alpha value is -2.45. The number of carbonyl (C=O) groups excluding carboxylic acids is 1. The number of aliphatic hydroxyl groups is 1. The standard InChI is InChI=1S/C23H25FN2O4S/c24-16-9-11-17(12-10-16)31(29,30)25-13-20-22(18-7-3-4-8-19(18)25)21(14-27)26(20)23(28)15-5-1-2-6-15/h3-4,7-12,15,20-22,27H,1-2,5-6,13-14H2/t20-,21+,22+/m1/s1. The number of rotatable bonds is 4. The Kier molecular flexibility index (Phi) is 5.01. The first-order valence-corrected chi connectivity index (χ1v) is 12.2. The third kappa shape index (κ3) is 3.15. The molecule has 6 nitrogen and oxygen atoms in total. The van der Waals surface area contributed by atoms with Gasteiger partial charge < -0.3 is 10.0 Å². The van der Waals surface area contributed by atoms with Crippen molar-refractivity contribution in [3.8, 4) is 0 Å². The number of benzene rings is 2. The van der Waals surface area contributed by atoms with Crippen LogP contribution < -0.4 is 4.31 Å². The number of amides is 1. The fraction of sp³-hybridized carbons (Fsp3) is 0.435. The normalized spacial score (nSPS) is 25.7. The molecule has 2 aliphatic heterocycles. The summed E-state index contributed by atoms with van der Waals surface area (Å²) < 4.78 is 41.6. The first kappa shape index (κ1) is 20.5. The quantitative estimate of drug-likeness (QED) is 0.787. The van der Waals surface area contributed by atoms with Crippen LogP contribution in [0.15, 0.2) is 53.4 Å². The molecule has 0 spiro atoms. The number of carbonyl (C=O) groups is 1. The molecule has 1 N–H and O–H groups in total. The van der Waals surface area contributed by atoms with Crippen LogP contribution in [0.25, 0.3) is 0 Å². The van der Waals surface area contributed by atoms with Crippen molar-refractivity contribution in [3.63, 3.8) is 0 Å². The molecule has 0 aromatic heterocycles. The Bertz CT molecular complexity index is 1100. The van der Waals surface area contributed by atoms with Gasteiger partial charge in [0.05, 0.1) is 35.8 Å². The fourth-order valence-electron chi connectivity index (χ4n) is 5.50. The molecule has 164 valence electrons. The summed E-state index contributed by atoms with van der Waals surface area (Å²) in [6, 6.07) is 11.4. The molecule has 2 aromatic carbocycles. The van der Waals surface area contributed by atoms with E-state index in [-0.39, 0.29) is 47.9 Å². The lowest BCUT2D eigenvalue weighted by Crippen LogP contribution is -2.71. The Morgan fingerprint density at radius 3 is 2.42 bits per heavy atom. The van der Waals surface area contributed by atoms with Gasteiger partial charge in [-0.05, 0) is 48.7 Å². The zero-order valence-electron chi connectivity index (χ0n) is 17.0. The van der Waals surface area contributed by atoms with Gasteiger partial charge in [0, 0.05) is 11.8 Å². The van der Waals surface area contributed by atoms with Gasteiger partial charge in [0.1, 0.15) is 5.82 Å². The van der Waals surface area contributed by atoms with Gasteiger partial charge in [0.15, 0.2) is 0 Å². The van der Waals surface area contributed by atoms with Crippen molar-refractivity contribution in [1.82, 2.24) is 4.90 Å². The van der Waals surface area contributed by atoms with Crippen LogP contribution in [0.4, 0.5) is 10.1 Å². The van der Waals surface area contributed by atoms with Crippen molar-refractivity contribution in [3.05, 3.63) is 59.9 Å². The van der Waals surface area contributed by atoms with Crippen LogP contribution in [-0.4, -0.2) is 49.6 Å². The molecule has 1 amide bonds. The van der Waals surface area contributed by atoms with Gasteiger partial charge in [0.2, 0.25) is 5.91 Å². The van der Waals surface area contributed by atoms with Crippen LogP contribution in [0.2, 0.25) is 0 Å². The molecule has 31 heavy (non-hydrogen) atoms. The van der Waals surface area contributed by atoms with E-state index in [1.807, 2.05) is 12.1 Å². The maximum absolute atomic E-state index is 13.5. The second kappa shape index (κ2) is 7.60. The van der Waals surface area contributed by atoms with Crippen molar-refractivity contribution in [1.29, 1.82) is 0 Å². The number of hydrogen-bond donors (Lipinski definition) is 1. The van der Waals surface area contributed by atoms with E-state index in [0.29, 0.717) is 5.69 Å². The van der Waals surface area contributed by atoms with E-state index in [0.717, 1.165) is 43.4 Å². The first-order chi connectivity index (χ1) is 14.9. The molecular weight excluding hydrogens is 419 g/mol. The molecule has 0 radical (unpaired) electrons. The summed E-state index contributed by atoms with van der Waals surface area (Å²) in [7, 11) is -3.94. The summed E-state index contributed by atoms with van der Waals surface area (Å²) in [6.07, 6.45) is 3.74. The minimum absolute atomic E-state index is 0.00820. The molecule has 2 fully saturated rings. The summed E-state index contributed by atoms with van der Waals surface area (Å²) in [6.45, 7) is -0.0327. The average molecular weight is 445 g/mol. The molecule has 3 aliphatic rings. The van der Waals surface area contributed by atoms with Crippen LogP contribution >= 0.6 is 0 Å². The van der Waals surface area contributed by atoms with E-state index >= 15 is 0 Å². The largest absolute Gasteiger partial charge is 0.394 e. The van der Waals surface area contributed by atoms with E-state index in [1.165, 1.54) is 16.4 Å². The van der Waals surface area contributed by atoms with Gasteiger partial charge in [0.25, 0.3) is 10.0 Å². The topological polar surface area (TPSA) is 77.9 Å². The number of anilines is 1. The summed E-state index contributed by atoms with van der Waals surface area (Å²) in [4.78, 5) is 15.0. The van der Waals surface area contributed by atoms with Gasteiger partial charge in [-0.15, -0.1) is 0 Å². The summed E-state index contributed by atoms with van der Waals surface area (Å²) in [5, 5.41) is 10.1. The van der Waals surface area contributed by atoms with Crippen LogP contribution in [0.5, 0.6) is 0 Å². The Labute approximate surface area is 181 Å². The zero-order chi connectivity index (χ0) is 21.8. The highest BCUT2D eigenvalue weighted by atomic mass is 32.2. The molecule has 2 aromatic rings. The van der Waals surface area contributed by atoms with E-state index in [2.05, 4.69) is 0 Å². The molecule has 0 unspecified atom stereocenters. The highest BCUT2D eigenvalue weighted by Crippen LogP contribution is 2.50. The minimum atomic E-state index is -3.94. The molecule has 0 bridgehead atoms. The maximum atomic E-state index is 13.5. The lowest BCUT2D eigenvalue weighted by molar-refractivity contribution is -0.154. The number of aliphatic hydroxyl groups excluding tert-OH is 1. The summed E-state index contributed by atoms with van der Waals surface area (Å²) in [5.41, 5.74) is 1.37. The Morgan fingerprint density at radius 1 is 1.06 bits per heavy atom. The van der Waals surface area contributed by atoms with E-state index in [9.17, 15) is 22.7 Å². The number of para-hydroxylation sites is 1. The third-order valence-electron chi connectivity index (χ3n) is 7.01. The van der Waals surface area contributed by atoms with Gasteiger partial charge in [-0.3, -0.25) is 9.10 Å². The van der Waals surface area contributed by atoms with Crippen LogP contribution in [0, 0.1) is 11.7 Å². The number of likely N-dealkylation sites (tertiary alicyclic amines) is 1. The van der Waals surface area contributed by atoms with Gasteiger partial charge in [-0.25, -0.2) is 12.8 Å². The fourth-order valence-corrected chi connectivity index (χ4v) is 7.01. The van der Waals surface area contributed by atoms with Gasteiger partial charge >= 0.3 is 0 Å². The predicted molar refractivity (Wildman–Crippen MR) is 114 cm³/mol. The minimum Gasteiger partial charge on any atom is -0.394 e. The van der Waals surface area contributed by atoms with Gasteiger partial charge in [-0.1, -0.05) is 31.0 Å². The smallest absolute Gasteiger partial charge is 0.264 e. The third-order valence-corrected chi connectivity index (χ3v) is 8.80. The molecule has 3 atom stereocenters. The van der Waals surface area contributed by atoms with Crippen LogP contribution in [-0.2, 0) is 14.8 Å². The van der Waals surface area contributed by atoms with Gasteiger partial charge in [-0.2, -0.15) is 0 Å². The zero-order valence-corrected chi connectivity index (χ0v) is 17.8. The second-order valence-electron chi connectivity index (χ2n) is 8.62. The van der Waals surface area contributed by atoms with Crippen molar-refractivity contribution in [2.75, 3.05) is 17.5 Å². The van der Waals surface area contributed by atoms with Crippen molar-refractivity contribution >= 4 is 21.6 Å². The monoisotopic (exact) mass is 444 g/mol. The van der Waals surface area contributed by atoms with E-state index < -0.39 is 15.8 Å². The number of sulfonamides is 1. The highest BCUT2D eigenvalue weighted by molar-refractivity contribution is 7.92. The number of halogens is 1. The Morgan fingerprint density at radius 2 is 1.74 bits per heavy atom. The average Bonchev–Trinajstić information content (AvgIpc) is 3.29. The molecule has 5 rings (SSSR count). The summed E-state index contributed by atoms with van der Waals surface area (Å²) >= 11 is 0. The van der Waals surface area contributed by atoms with Crippen molar-refractivity contribution in [2.24, 2.45) is 5.92 Å². The molecular formula is C23H25FN2O4S. The lowest BCUT2D eigenvalue weighted by Gasteiger charge is -2.59. The van der Waals surface area contributed by atoms with E-state index in [4.69, 9.17) is 0 Å². The second-order valence-corrected chi connectivity index (χ2v) is 10.5. The number of fused-ring (bicyclic) bond motifs is 3. The van der Waals surface area contributed by atoms with E-state index in [1.54, 1.807) is 17.0 Å². The number of hydrogen-bond acceptors (Lipinski definition) is 4. The molecule has 2 heterocycles. The molecule has 1 aliphatic carbocycles. The number of nitrogens with zero attached hydrogens (tertiary/aromatic N) is 2. The van der Waals surface area contributed by atoms with Crippen LogP contribution in [0.1, 0.15) is 37.2 Å². The van der Waals surface area contributed by atoms with Crippen molar-refractivity contribution < 1.29 is 22.7 Å². The molecule has 8 heteroatoms. The van der Waals surface area contributed by atoms with Crippen molar-refractivity contribution in [2.45, 2.75) is 48.6 Å². The Balaban J connectivity index is 1.55.